The highest BCUT2D eigenvalue weighted by Crippen LogP contribution is 2.24. The molecule has 19 heavy (non-hydrogen) atoms. The summed E-state index contributed by atoms with van der Waals surface area (Å²) in [4.78, 5) is 0. The van der Waals surface area contributed by atoms with Crippen LogP contribution < -0.4 is 10.1 Å². The lowest BCUT2D eigenvalue weighted by atomic mass is 10.1. The molecule has 0 amide bonds. The number of methoxy groups -OCH3 is 1. The van der Waals surface area contributed by atoms with Gasteiger partial charge in [0.1, 0.15) is 5.75 Å². The van der Waals surface area contributed by atoms with E-state index in [4.69, 9.17) is 4.74 Å². The summed E-state index contributed by atoms with van der Waals surface area (Å²) in [7, 11) is 1.71. The molecule has 108 valence electrons. The van der Waals surface area contributed by atoms with Crippen LogP contribution in [0.1, 0.15) is 45.2 Å². The molecular weight excluding hydrogens is 254 g/mol. The SMILES string of the molecule is CCCNC(CSC(C)CC)c1ccc(OC)cc1. The zero-order valence-electron chi connectivity index (χ0n) is 12.6. The first-order valence-corrected chi connectivity index (χ1v) is 8.25. The molecule has 3 heteroatoms. The van der Waals surface area contributed by atoms with Gasteiger partial charge in [0.05, 0.1) is 7.11 Å². The molecule has 0 saturated heterocycles. The van der Waals surface area contributed by atoms with Crippen LogP contribution in [0.5, 0.6) is 5.75 Å². The third-order valence-electron chi connectivity index (χ3n) is 3.28. The van der Waals surface area contributed by atoms with Crippen molar-refractivity contribution in [1.29, 1.82) is 0 Å². The molecule has 0 fully saturated rings. The summed E-state index contributed by atoms with van der Waals surface area (Å²) in [6, 6.07) is 8.87. The molecule has 1 N–H and O–H groups in total. The van der Waals surface area contributed by atoms with Crippen molar-refractivity contribution in [3.63, 3.8) is 0 Å². The molecule has 0 aromatic heterocycles. The predicted molar refractivity (Wildman–Crippen MR) is 86.2 cm³/mol. The van der Waals surface area contributed by atoms with Gasteiger partial charge in [-0.2, -0.15) is 11.8 Å². The smallest absolute Gasteiger partial charge is 0.118 e. The van der Waals surface area contributed by atoms with Crippen LogP contribution in [-0.2, 0) is 0 Å². The lowest BCUT2D eigenvalue weighted by Crippen LogP contribution is -2.24. The molecule has 2 unspecified atom stereocenters. The van der Waals surface area contributed by atoms with Gasteiger partial charge in [0, 0.05) is 17.0 Å². The molecule has 1 aromatic carbocycles. The maximum Gasteiger partial charge on any atom is 0.118 e. The molecule has 0 saturated carbocycles. The van der Waals surface area contributed by atoms with Gasteiger partial charge in [-0.25, -0.2) is 0 Å². The Balaban J connectivity index is 2.65. The van der Waals surface area contributed by atoms with E-state index in [-0.39, 0.29) is 0 Å². The van der Waals surface area contributed by atoms with Crippen LogP contribution in [0.15, 0.2) is 24.3 Å². The summed E-state index contributed by atoms with van der Waals surface area (Å²) in [5, 5.41) is 4.37. The Hall–Kier alpha value is -0.670. The third-order valence-corrected chi connectivity index (χ3v) is 4.71. The molecule has 0 spiro atoms. The van der Waals surface area contributed by atoms with Gasteiger partial charge in [-0.1, -0.05) is 32.9 Å². The first-order chi connectivity index (χ1) is 9.21. The lowest BCUT2D eigenvalue weighted by molar-refractivity contribution is 0.414. The van der Waals surface area contributed by atoms with Crippen LogP contribution in [0.4, 0.5) is 0 Å². The molecule has 0 aliphatic rings. The fourth-order valence-corrected chi connectivity index (χ4v) is 2.87. The monoisotopic (exact) mass is 281 g/mol. The average molecular weight is 281 g/mol. The van der Waals surface area contributed by atoms with E-state index in [0.29, 0.717) is 6.04 Å². The molecule has 0 heterocycles. The van der Waals surface area contributed by atoms with Crippen molar-refractivity contribution in [2.45, 2.75) is 44.9 Å². The van der Waals surface area contributed by atoms with E-state index in [9.17, 15) is 0 Å². The Morgan fingerprint density at radius 2 is 1.89 bits per heavy atom. The van der Waals surface area contributed by atoms with E-state index in [2.05, 4.69) is 38.2 Å². The molecule has 2 nitrogen and oxygen atoms in total. The molecule has 0 aliphatic heterocycles. The maximum atomic E-state index is 5.22. The Bertz CT molecular complexity index is 339. The quantitative estimate of drug-likeness (QED) is 0.730. The minimum atomic E-state index is 0.435. The van der Waals surface area contributed by atoms with Gasteiger partial charge in [0.15, 0.2) is 0 Å². The molecule has 1 rings (SSSR count). The molecule has 0 bridgehead atoms. The minimum absolute atomic E-state index is 0.435. The van der Waals surface area contributed by atoms with Crippen LogP contribution in [0.25, 0.3) is 0 Å². The van der Waals surface area contributed by atoms with Gasteiger partial charge in [0.2, 0.25) is 0 Å². The molecular formula is C16H27NOS. The fourth-order valence-electron chi connectivity index (χ4n) is 1.81. The van der Waals surface area contributed by atoms with Crippen LogP contribution in [0.2, 0.25) is 0 Å². The van der Waals surface area contributed by atoms with E-state index in [0.717, 1.165) is 23.3 Å². The van der Waals surface area contributed by atoms with E-state index in [1.165, 1.54) is 18.4 Å². The van der Waals surface area contributed by atoms with Crippen molar-refractivity contribution in [3.8, 4) is 5.75 Å². The minimum Gasteiger partial charge on any atom is -0.497 e. The van der Waals surface area contributed by atoms with Crippen LogP contribution in [0.3, 0.4) is 0 Å². The Kier molecular flexibility index (Phi) is 7.99. The Labute approximate surface area is 122 Å². The summed E-state index contributed by atoms with van der Waals surface area (Å²) in [5.41, 5.74) is 1.35. The van der Waals surface area contributed by atoms with E-state index < -0.39 is 0 Å². The van der Waals surface area contributed by atoms with Crippen molar-refractivity contribution in [1.82, 2.24) is 5.32 Å². The second-order valence-electron chi connectivity index (χ2n) is 4.83. The second-order valence-corrected chi connectivity index (χ2v) is 6.30. The fraction of sp³-hybridized carbons (Fsp3) is 0.625. The summed E-state index contributed by atoms with van der Waals surface area (Å²) >= 11 is 2.05. The zero-order valence-corrected chi connectivity index (χ0v) is 13.4. The number of thioether (sulfide) groups is 1. The number of ether oxygens (including phenoxy) is 1. The Morgan fingerprint density at radius 3 is 2.42 bits per heavy atom. The highest BCUT2D eigenvalue weighted by Gasteiger charge is 2.12. The van der Waals surface area contributed by atoms with E-state index in [1.807, 2.05) is 23.9 Å². The number of hydrogen-bond donors (Lipinski definition) is 1. The first-order valence-electron chi connectivity index (χ1n) is 7.20. The van der Waals surface area contributed by atoms with E-state index in [1.54, 1.807) is 7.11 Å². The Morgan fingerprint density at radius 1 is 1.21 bits per heavy atom. The van der Waals surface area contributed by atoms with Crippen LogP contribution in [-0.4, -0.2) is 24.7 Å². The number of rotatable bonds is 9. The summed E-state index contributed by atoms with van der Waals surface area (Å²) in [6.45, 7) is 7.83. The van der Waals surface area contributed by atoms with Crippen LogP contribution in [0, 0.1) is 0 Å². The van der Waals surface area contributed by atoms with Gasteiger partial charge in [-0.3, -0.25) is 0 Å². The van der Waals surface area contributed by atoms with Crippen molar-refractivity contribution < 1.29 is 4.74 Å². The van der Waals surface area contributed by atoms with Gasteiger partial charge in [0.25, 0.3) is 0 Å². The first kappa shape index (κ1) is 16.4. The van der Waals surface area contributed by atoms with Gasteiger partial charge >= 0.3 is 0 Å². The lowest BCUT2D eigenvalue weighted by Gasteiger charge is -2.20. The summed E-state index contributed by atoms with van der Waals surface area (Å²) in [6.07, 6.45) is 2.40. The maximum absolute atomic E-state index is 5.22. The average Bonchev–Trinajstić information content (AvgIpc) is 2.47. The summed E-state index contributed by atoms with van der Waals surface area (Å²) < 4.78 is 5.22. The number of benzene rings is 1. The summed E-state index contributed by atoms with van der Waals surface area (Å²) in [5.74, 6) is 2.05. The molecule has 0 radical (unpaired) electrons. The largest absolute Gasteiger partial charge is 0.497 e. The van der Waals surface area contributed by atoms with E-state index >= 15 is 0 Å². The molecule has 2 atom stereocenters. The van der Waals surface area contributed by atoms with Crippen molar-refractivity contribution in [3.05, 3.63) is 29.8 Å². The standard InChI is InChI=1S/C16H27NOS/c1-5-11-17-16(12-19-13(3)6-2)14-7-9-15(18-4)10-8-14/h7-10,13,16-17H,5-6,11-12H2,1-4H3. The van der Waals surface area contributed by atoms with Crippen molar-refractivity contribution in [2.24, 2.45) is 0 Å². The number of hydrogen-bond acceptors (Lipinski definition) is 3. The second kappa shape index (κ2) is 9.27. The van der Waals surface area contributed by atoms with Gasteiger partial charge in [-0.05, 0) is 37.1 Å². The highest BCUT2D eigenvalue weighted by atomic mass is 32.2. The van der Waals surface area contributed by atoms with Gasteiger partial charge in [-0.15, -0.1) is 0 Å². The number of nitrogens with one attached hydrogen (secondary N) is 1. The highest BCUT2D eigenvalue weighted by molar-refractivity contribution is 7.99. The predicted octanol–water partition coefficient (Wildman–Crippen LogP) is 4.27. The molecule has 0 aliphatic carbocycles. The topological polar surface area (TPSA) is 21.3 Å². The van der Waals surface area contributed by atoms with Crippen LogP contribution >= 0.6 is 11.8 Å². The van der Waals surface area contributed by atoms with Gasteiger partial charge < -0.3 is 10.1 Å². The van der Waals surface area contributed by atoms with Crippen molar-refractivity contribution in [2.75, 3.05) is 19.4 Å². The molecule has 1 aromatic rings. The third kappa shape index (κ3) is 5.87. The zero-order chi connectivity index (χ0) is 14.1. The normalized spacial score (nSPS) is 14.1. The van der Waals surface area contributed by atoms with Crippen molar-refractivity contribution >= 4 is 11.8 Å².